The van der Waals surface area contributed by atoms with E-state index in [4.69, 9.17) is 5.14 Å². The van der Waals surface area contributed by atoms with Gasteiger partial charge in [-0.2, -0.15) is 12.7 Å². The number of pyridine rings is 1. The van der Waals surface area contributed by atoms with Crippen LogP contribution in [-0.4, -0.2) is 23.6 Å². The van der Waals surface area contributed by atoms with Crippen LogP contribution in [0.25, 0.3) is 11.1 Å². The number of hydrogen-bond donors (Lipinski definition) is 2. The summed E-state index contributed by atoms with van der Waals surface area (Å²) in [4.78, 5) is 15.8. The van der Waals surface area contributed by atoms with E-state index in [-0.39, 0.29) is 12.5 Å². The standard InChI is InChI=1S/C16H16N4O3S/c17-24(22,23)20-8-11-2-1-10(7-12(11)9-20)13-5-6-18-16-14(13)3-4-15(21)19-16/h1-2,5-7H,3-4,8-9H2,(H2,17,22,23)(H,18,19,21). The Morgan fingerprint density at radius 2 is 1.92 bits per heavy atom. The number of nitrogens with one attached hydrogen (secondary N) is 1. The molecule has 2 aliphatic rings. The summed E-state index contributed by atoms with van der Waals surface area (Å²) in [6, 6.07) is 7.82. The Hall–Kier alpha value is -2.29. The first kappa shape index (κ1) is 15.3. The first-order valence-electron chi connectivity index (χ1n) is 7.59. The summed E-state index contributed by atoms with van der Waals surface area (Å²) < 4.78 is 24.3. The molecule has 3 heterocycles. The highest BCUT2D eigenvalue weighted by molar-refractivity contribution is 7.86. The van der Waals surface area contributed by atoms with Gasteiger partial charge in [-0.15, -0.1) is 0 Å². The van der Waals surface area contributed by atoms with Gasteiger partial charge in [-0.05, 0) is 40.8 Å². The number of anilines is 1. The summed E-state index contributed by atoms with van der Waals surface area (Å²) in [7, 11) is -3.69. The molecule has 0 aliphatic carbocycles. The lowest BCUT2D eigenvalue weighted by molar-refractivity contribution is -0.116. The summed E-state index contributed by atoms with van der Waals surface area (Å²) in [5.41, 5.74) is 4.92. The van der Waals surface area contributed by atoms with Crippen LogP contribution < -0.4 is 10.5 Å². The highest BCUT2D eigenvalue weighted by Crippen LogP contribution is 2.34. The molecule has 1 aromatic heterocycles. The molecule has 0 atom stereocenters. The molecule has 2 aromatic rings. The van der Waals surface area contributed by atoms with E-state index in [0.717, 1.165) is 27.8 Å². The number of nitrogens with zero attached hydrogens (tertiary/aromatic N) is 2. The van der Waals surface area contributed by atoms with Crippen molar-refractivity contribution in [1.82, 2.24) is 9.29 Å². The number of hydrogen-bond acceptors (Lipinski definition) is 4. The van der Waals surface area contributed by atoms with Gasteiger partial charge in [0.05, 0.1) is 0 Å². The fourth-order valence-electron chi connectivity index (χ4n) is 3.27. The summed E-state index contributed by atoms with van der Waals surface area (Å²) in [5, 5.41) is 8.02. The van der Waals surface area contributed by atoms with Crippen LogP contribution in [0.4, 0.5) is 5.82 Å². The molecule has 0 unspecified atom stereocenters. The maximum atomic E-state index is 11.5. The van der Waals surface area contributed by atoms with E-state index < -0.39 is 10.2 Å². The van der Waals surface area contributed by atoms with Gasteiger partial charge in [0.25, 0.3) is 10.2 Å². The van der Waals surface area contributed by atoms with Crippen molar-refractivity contribution in [2.75, 3.05) is 5.32 Å². The maximum absolute atomic E-state index is 11.5. The number of benzene rings is 1. The van der Waals surface area contributed by atoms with Gasteiger partial charge in [0.2, 0.25) is 5.91 Å². The van der Waals surface area contributed by atoms with Crippen LogP contribution in [0.2, 0.25) is 0 Å². The second-order valence-electron chi connectivity index (χ2n) is 6.03. The van der Waals surface area contributed by atoms with Gasteiger partial charge in [-0.1, -0.05) is 12.1 Å². The molecule has 2 aliphatic heterocycles. The Morgan fingerprint density at radius 3 is 2.71 bits per heavy atom. The molecular formula is C16H16N4O3S. The molecule has 3 N–H and O–H groups in total. The Balaban J connectivity index is 1.74. The normalized spacial score (nSPS) is 17.3. The second kappa shape index (κ2) is 5.37. The Labute approximate surface area is 139 Å². The van der Waals surface area contributed by atoms with E-state index in [9.17, 15) is 13.2 Å². The highest BCUT2D eigenvalue weighted by Gasteiger charge is 2.27. The molecule has 124 valence electrons. The topological polar surface area (TPSA) is 105 Å². The predicted octanol–water partition coefficient (Wildman–Crippen LogP) is 1.15. The van der Waals surface area contributed by atoms with Crippen molar-refractivity contribution in [3.63, 3.8) is 0 Å². The van der Waals surface area contributed by atoms with Gasteiger partial charge in [-0.3, -0.25) is 4.79 Å². The van der Waals surface area contributed by atoms with E-state index in [1.165, 1.54) is 4.31 Å². The highest BCUT2D eigenvalue weighted by atomic mass is 32.2. The van der Waals surface area contributed by atoms with E-state index >= 15 is 0 Å². The van der Waals surface area contributed by atoms with Crippen LogP contribution in [-0.2, 0) is 34.5 Å². The third-order valence-electron chi connectivity index (χ3n) is 4.49. The van der Waals surface area contributed by atoms with E-state index in [1.54, 1.807) is 6.20 Å². The van der Waals surface area contributed by atoms with Gasteiger partial charge < -0.3 is 5.32 Å². The van der Waals surface area contributed by atoms with Gasteiger partial charge in [-0.25, -0.2) is 10.1 Å². The number of carbonyl (C=O) groups excluding carboxylic acids is 1. The number of aromatic nitrogens is 1. The quantitative estimate of drug-likeness (QED) is 0.852. The number of rotatable bonds is 2. The van der Waals surface area contributed by atoms with Crippen LogP contribution in [0.5, 0.6) is 0 Å². The van der Waals surface area contributed by atoms with Crippen LogP contribution in [0.1, 0.15) is 23.1 Å². The zero-order valence-electron chi connectivity index (χ0n) is 12.8. The largest absolute Gasteiger partial charge is 0.310 e. The van der Waals surface area contributed by atoms with Crippen molar-refractivity contribution >= 4 is 21.9 Å². The Bertz CT molecular complexity index is 956. The number of nitrogens with two attached hydrogens (primary N) is 1. The predicted molar refractivity (Wildman–Crippen MR) is 89.0 cm³/mol. The number of fused-ring (bicyclic) bond motifs is 2. The average molecular weight is 344 g/mol. The minimum Gasteiger partial charge on any atom is -0.310 e. The molecule has 24 heavy (non-hydrogen) atoms. The zero-order chi connectivity index (χ0) is 16.9. The molecule has 1 amide bonds. The lowest BCUT2D eigenvalue weighted by Gasteiger charge is -2.19. The van der Waals surface area contributed by atoms with E-state index in [2.05, 4.69) is 10.3 Å². The van der Waals surface area contributed by atoms with Crippen LogP contribution in [0.3, 0.4) is 0 Å². The average Bonchev–Trinajstić information content (AvgIpc) is 2.97. The monoisotopic (exact) mass is 344 g/mol. The lowest BCUT2D eigenvalue weighted by Crippen LogP contribution is -2.32. The van der Waals surface area contributed by atoms with Crippen molar-refractivity contribution in [3.05, 3.63) is 47.2 Å². The van der Waals surface area contributed by atoms with Crippen molar-refractivity contribution in [3.8, 4) is 11.1 Å². The zero-order valence-corrected chi connectivity index (χ0v) is 13.6. The molecule has 0 saturated heterocycles. The maximum Gasteiger partial charge on any atom is 0.277 e. The fraction of sp³-hybridized carbons (Fsp3) is 0.250. The van der Waals surface area contributed by atoms with Gasteiger partial charge >= 0.3 is 0 Å². The molecule has 0 fully saturated rings. The molecule has 8 heteroatoms. The molecule has 1 aromatic carbocycles. The third-order valence-corrected chi connectivity index (χ3v) is 5.46. The molecular weight excluding hydrogens is 328 g/mol. The van der Waals surface area contributed by atoms with E-state index in [1.807, 2.05) is 24.3 Å². The smallest absolute Gasteiger partial charge is 0.277 e. The minimum atomic E-state index is -3.69. The lowest BCUT2D eigenvalue weighted by atomic mass is 9.94. The molecule has 0 radical (unpaired) electrons. The third kappa shape index (κ3) is 2.58. The Kier molecular flexibility index (Phi) is 3.41. The van der Waals surface area contributed by atoms with Crippen molar-refractivity contribution in [2.45, 2.75) is 25.9 Å². The van der Waals surface area contributed by atoms with Crippen molar-refractivity contribution in [2.24, 2.45) is 5.14 Å². The Morgan fingerprint density at radius 1 is 1.12 bits per heavy atom. The van der Waals surface area contributed by atoms with Gasteiger partial charge in [0.15, 0.2) is 0 Å². The van der Waals surface area contributed by atoms with Crippen molar-refractivity contribution < 1.29 is 13.2 Å². The molecule has 4 rings (SSSR count). The minimum absolute atomic E-state index is 0.0232. The van der Waals surface area contributed by atoms with E-state index in [0.29, 0.717) is 25.2 Å². The van der Waals surface area contributed by atoms with Gasteiger partial charge in [0.1, 0.15) is 5.82 Å². The first-order valence-corrected chi connectivity index (χ1v) is 9.10. The SMILES string of the molecule is NS(=O)(=O)N1Cc2ccc(-c3ccnc4c3CCC(=O)N4)cc2C1. The molecule has 7 nitrogen and oxygen atoms in total. The second-order valence-corrected chi connectivity index (χ2v) is 7.58. The summed E-state index contributed by atoms with van der Waals surface area (Å²) in [6.07, 6.45) is 2.75. The number of amides is 1. The van der Waals surface area contributed by atoms with Crippen LogP contribution in [0, 0.1) is 0 Å². The van der Waals surface area contributed by atoms with Crippen molar-refractivity contribution in [1.29, 1.82) is 0 Å². The van der Waals surface area contributed by atoms with Crippen LogP contribution >= 0.6 is 0 Å². The first-order chi connectivity index (χ1) is 11.4. The van der Waals surface area contributed by atoms with Crippen LogP contribution in [0.15, 0.2) is 30.5 Å². The summed E-state index contributed by atoms with van der Waals surface area (Å²) in [6.45, 7) is 0.588. The molecule has 0 spiro atoms. The summed E-state index contributed by atoms with van der Waals surface area (Å²) >= 11 is 0. The molecule has 0 bridgehead atoms. The number of carbonyl (C=O) groups is 1. The summed E-state index contributed by atoms with van der Waals surface area (Å²) in [5.74, 6) is 0.584. The van der Waals surface area contributed by atoms with Gasteiger partial charge in [0, 0.05) is 31.3 Å². The fourth-order valence-corrected chi connectivity index (χ4v) is 3.91. The molecule has 0 saturated carbocycles.